The van der Waals surface area contributed by atoms with Crippen molar-refractivity contribution in [2.45, 2.75) is 204 Å². The number of para-hydroxylation sites is 1. The standard InChI is InChI=1S/C68H111N21O17S/c1-35(2)24-47(61(99)84-48(25-36(3)4)62(100)86-50(27-39-29-76-43-15-10-9-14-41(39)43)64(102)82-46(18-19-54(71)92)60(98)88-52(32-90)65(103)79-38(7)67(105)106)83-58(96)44(17-13-22-75-68(72)73)80-55(93)31-77-57(95)51(28-40-30-74-34-78-40)87-63(101)49(26-37(5)6)85-66(104)53(33-91)89-59(97)45(16-11-12-21-69)81-56(94)42(70)20-23-107-8/h9-10,14-15,29-30,34-38,42,44-53,76,90-91H,11-13,16-28,31-33,69-70H2,1-8H3,(H2,71,92)(H,74,78)(H,77,95)(H,79,103)(H,80,93)(H,81,94)(H,82,102)(H,83,96)(H,84,99)(H,85,104)(H,86,100)(H,87,101)(H,88,98)(H,89,97)(H,105,106)(H4,72,73,75)/t38-,42-,44-,45-,46-,47-,48-,49-,50-,51-,52-,53-/m0/s1. The van der Waals surface area contributed by atoms with Crippen molar-refractivity contribution in [2.75, 3.05) is 44.9 Å². The molecule has 1 aromatic carbocycles. The average molecular weight is 1530 g/mol. The summed E-state index contributed by atoms with van der Waals surface area (Å²) >= 11 is 1.48. The Morgan fingerprint density at radius 3 is 1.46 bits per heavy atom. The number of carbonyl (C=O) groups is 14. The highest BCUT2D eigenvalue weighted by molar-refractivity contribution is 7.98. The Kier molecular flexibility index (Phi) is 40.5. The van der Waals surface area contributed by atoms with E-state index in [4.69, 9.17) is 28.7 Å². The number of rotatable bonds is 51. The molecule has 0 aliphatic heterocycles. The number of aliphatic carboxylic acids is 1. The first-order valence-corrected chi connectivity index (χ1v) is 36.9. The van der Waals surface area contributed by atoms with Crippen LogP contribution in [0.5, 0.6) is 0 Å². The van der Waals surface area contributed by atoms with Crippen molar-refractivity contribution in [2.24, 2.45) is 51.4 Å². The number of thioether (sulfide) groups is 1. The second-order valence-electron chi connectivity index (χ2n) is 27.2. The number of carboxylic acids is 1. The Morgan fingerprint density at radius 2 is 0.972 bits per heavy atom. The number of aromatic amines is 2. The number of fused-ring (bicyclic) bond motifs is 1. The van der Waals surface area contributed by atoms with E-state index in [2.05, 4.69) is 83.7 Å². The van der Waals surface area contributed by atoms with E-state index in [1.807, 2.05) is 6.26 Å². The molecule has 0 unspecified atom stereocenters. The highest BCUT2D eigenvalue weighted by Crippen LogP contribution is 2.21. The first-order valence-electron chi connectivity index (χ1n) is 35.5. The lowest BCUT2D eigenvalue weighted by molar-refractivity contribution is -0.142. The number of carbonyl (C=O) groups excluding carboxylic acids is 13. The minimum absolute atomic E-state index is 0.0148. The van der Waals surface area contributed by atoms with E-state index in [1.54, 1.807) is 72.0 Å². The Balaban J connectivity index is 1.93. The molecule has 38 nitrogen and oxygen atoms in total. The average Bonchev–Trinajstić information content (AvgIpc) is 1.79. The van der Waals surface area contributed by atoms with Gasteiger partial charge in [-0.25, -0.2) is 4.98 Å². The van der Waals surface area contributed by atoms with Gasteiger partial charge in [-0.1, -0.05) is 59.7 Å². The van der Waals surface area contributed by atoms with Gasteiger partial charge in [-0.3, -0.25) is 72.1 Å². The minimum Gasteiger partial charge on any atom is -0.480 e. The number of hydrogen-bond acceptors (Lipinski definition) is 21. The molecule has 0 fully saturated rings. The highest BCUT2D eigenvalue weighted by atomic mass is 32.2. The molecule has 0 radical (unpaired) electrons. The monoisotopic (exact) mass is 1530 g/mol. The molecule has 27 N–H and O–H groups in total. The van der Waals surface area contributed by atoms with Crippen molar-refractivity contribution in [3.05, 3.63) is 54.2 Å². The summed E-state index contributed by atoms with van der Waals surface area (Å²) in [5, 5.41) is 60.7. The number of aliphatic hydroxyl groups excluding tert-OH is 2. The van der Waals surface area contributed by atoms with Crippen LogP contribution in [0.15, 0.2) is 48.0 Å². The molecule has 39 heteroatoms. The van der Waals surface area contributed by atoms with E-state index in [0.717, 1.165) is 6.92 Å². The number of carboxylic acid groups (broad SMARTS) is 1. The molecule has 0 bridgehead atoms. The van der Waals surface area contributed by atoms with Gasteiger partial charge in [0.1, 0.15) is 66.5 Å². The number of aliphatic imine (C=N–C) groups is 1. The molecule has 2 heterocycles. The van der Waals surface area contributed by atoms with Crippen LogP contribution in [0.4, 0.5) is 0 Å². The zero-order chi connectivity index (χ0) is 80.0. The minimum atomic E-state index is -1.73. The van der Waals surface area contributed by atoms with Gasteiger partial charge in [-0.2, -0.15) is 11.8 Å². The number of H-pyrrole nitrogens is 2. The normalized spacial score (nSPS) is 14.6. The maximum absolute atomic E-state index is 14.8. The van der Waals surface area contributed by atoms with Gasteiger partial charge in [-0.15, -0.1) is 0 Å². The van der Waals surface area contributed by atoms with E-state index < -0.39 is 188 Å². The van der Waals surface area contributed by atoms with Gasteiger partial charge >= 0.3 is 5.97 Å². The molecule has 0 aliphatic carbocycles. The lowest BCUT2D eigenvalue weighted by Gasteiger charge is -2.28. The number of hydrogen-bond donors (Lipinski definition) is 22. The van der Waals surface area contributed by atoms with Crippen molar-refractivity contribution in [1.29, 1.82) is 0 Å². The van der Waals surface area contributed by atoms with Crippen molar-refractivity contribution in [3.63, 3.8) is 0 Å². The summed E-state index contributed by atoms with van der Waals surface area (Å²) < 4.78 is 0. The molecule has 0 aliphatic rings. The van der Waals surface area contributed by atoms with Crippen molar-refractivity contribution in [3.8, 4) is 0 Å². The number of nitrogens with two attached hydrogens (primary N) is 5. The van der Waals surface area contributed by atoms with E-state index in [-0.39, 0.29) is 81.6 Å². The molecular weight excluding hydrogens is 1410 g/mol. The maximum atomic E-state index is 14.8. The van der Waals surface area contributed by atoms with Gasteiger partial charge in [0.25, 0.3) is 0 Å². The van der Waals surface area contributed by atoms with E-state index in [0.29, 0.717) is 53.7 Å². The number of imidazole rings is 1. The second kappa shape index (κ2) is 47.5. The maximum Gasteiger partial charge on any atom is 0.325 e. The number of nitrogens with zero attached hydrogens (tertiary/aromatic N) is 2. The van der Waals surface area contributed by atoms with Gasteiger partial charge in [0.15, 0.2) is 5.96 Å². The molecule has 12 atom stereocenters. The Morgan fingerprint density at radius 1 is 0.523 bits per heavy atom. The van der Waals surface area contributed by atoms with Gasteiger partial charge in [-0.05, 0) is 119 Å². The Bertz CT molecular complexity index is 3460. The second-order valence-corrected chi connectivity index (χ2v) is 28.2. The largest absolute Gasteiger partial charge is 0.480 e. The first-order chi connectivity index (χ1) is 50.6. The topological polar surface area (TPSA) is 631 Å². The number of unbranched alkanes of at least 4 members (excludes halogenated alkanes) is 1. The highest BCUT2D eigenvalue weighted by Gasteiger charge is 2.37. The third kappa shape index (κ3) is 33.6. The van der Waals surface area contributed by atoms with Crippen molar-refractivity contribution >= 4 is 111 Å². The number of guanidine groups is 1. The van der Waals surface area contributed by atoms with Crippen LogP contribution in [0.2, 0.25) is 0 Å². The lowest BCUT2D eigenvalue weighted by Crippen LogP contribution is -2.61. The molecule has 13 amide bonds. The van der Waals surface area contributed by atoms with Gasteiger partial charge in [0.2, 0.25) is 76.8 Å². The summed E-state index contributed by atoms with van der Waals surface area (Å²) in [5.74, 6) is -13.8. The third-order valence-corrected chi connectivity index (χ3v) is 17.3. The molecule has 0 saturated carbocycles. The lowest BCUT2D eigenvalue weighted by atomic mass is 9.98. The summed E-state index contributed by atoms with van der Waals surface area (Å²) in [6.45, 7) is 9.20. The van der Waals surface area contributed by atoms with Crippen molar-refractivity contribution in [1.82, 2.24) is 78.8 Å². The Hall–Kier alpha value is -9.99. The van der Waals surface area contributed by atoms with Crippen LogP contribution in [0.3, 0.4) is 0 Å². The fraction of sp³-hybridized carbons (Fsp3) is 0.618. The van der Waals surface area contributed by atoms with Crippen LogP contribution in [0.25, 0.3) is 10.9 Å². The molecule has 107 heavy (non-hydrogen) atoms. The molecule has 2 aromatic heterocycles. The summed E-state index contributed by atoms with van der Waals surface area (Å²) in [6, 6.07) is -10.2. The molecular formula is C68H111N21O17S. The fourth-order valence-corrected chi connectivity index (χ4v) is 11.4. The van der Waals surface area contributed by atoms with Crippen LogP contribution in [0, 0.1) is 17.8 Å². The summed E-state index contributed by atoms with van der Waals surface area (Å²) in [7, 11) is 0. The zero-order valence-electron chi connectivity index (χ0n) is 61.9. The van der Waals surface area contributed by atoms with Crippen LogP contribution in [-0.4, -0.2) is 236 Å². The predicted octanol–water partition coefficient (Wildman–Crippen LogP) is -5.12. The smallest absolute Gasteiger partial charge is 0.325 e. The van der Waals surface area contributed by atoms with E-state index >= 15 is 0 Å². The quantitative estimate of drug-likeness (QED) is 0.0143. The van der Waals surface area contributed by atoms with Crippen LogP contribution >= 0.6 is 11.8 Å². The summed E-state index contributed by atoms with van der Waals surface area (Å²) in [5.41, 5.74) is 29.9. The van der Waals surface area contributed by atoms with Gasteiger partial charge in [0.05, 0.1) is 32.1 Å². The number of aromatic nitrogens is 3. The first kappa shape index (κ1) is 91.2. The molecule has 0 spiro atoms. The van der Waals surface area contributed by atoms with Crippen molar-refractivity contribution < 1.29 is 82.4 Å². The third-order valence-electron chi connectivity index (χ3n) is 16.6. The van der Waals surface area contributed by atoms with Gasteiger partial charge in [0, 0.05) is 54.8 Å². The molecule has 596 valence electrons. The van der Waals surface area contributed by atoms with Gasteiger partial charge < -0.3 is 118 Å². The SMILES string of the molecule is CSCC[C@H](N)C(=O)N[C@@H](CCCCN)C(=O)N[C@@H](CO)C(=O)N[C@@H](CC(C)C)C(=O)N[C@@H](Cc1cnc[nH]1)C(=O)NCC(=O)N[C@@H](CCCN=C(N)N)C(=O)N[C@@H](CC(C)C)C(=O)N[C@@H](CC(C)C)C(=O)N[C@@H](Cc1c[nH]c2ccccc12)C(=O)N[C@@H](CCC(N)=O)C(=O)N[C@@H](CO)C(=O)N[C@@H](C)C(=O)O. The summed E-state index contributed by atoms with van der Waals surface area (Å²) in [4.78, 5) is 206. The van der Waals surface area contributed by atoms with Crippen LogP contribution in [-0.2, 0) is 80.0 Å². The summed E-state index contributed by atoms with van der Waals surface area (Å²) in [6.07, 6.45) is 5.96. The van der Waals surface area contributed by atoms with E-state index in [1.165, 1.54) is 24.3 Å². The van der Waals surface area contributed by atoms with Crippen LogP contribution in [0.1, 0.15) is 130 Å². The molecule has 3 aromatic rings. The molecule has 3 rings (SSSR count). The zero-order valence-corrected chi connectivity index (χ0v) is 62.7. The van der Waals surface area contributed by atoms with E-state index in [9.17, 15) is 82.4 Å². The number of aliphatic hydroxyl groups is 2. The number of benzene rings is 1. The number of nitrogens with one attached hydrogen (secondary N) is 14. The predicted molar refractivity (Wildman–Crippen MR) is 397 cm³/mol. The number of primary amides is 1. The number of amides is 13. The fourth-order valence-electron chi connectivity index (χ4n) is 10.9. The Labute approximate surface area is 625 Å². The van der Waals surface area contributed by atoms with Crippen LogP contribution < -0.4 is 92.5 Å². The molecule has 0 saturated heterocycles.